The molecule has 2 heteroatoms. The lowest BCUT2D eigenvalue weighted by Gasteiger charge is -2.31. The van der Waals surface area contributed by atoms with Crippen molar-refractivity contribution in [3.63, 3.8) is 0 Å². The Labute approximate surface area is 103 Å². The number of aryl methyl sites for hydroxylation is 1. The summed E-state index contributed by atoms with van der Waals surface area (Å²) in [6.45, 7) is 2.05. The Morgan fingerprint density at radius 1 is 1.29 bits per heavy atom. The number of hydrogen-bond acceptors (Lipinski definition) is 2. The van der Waals surface area contributed by atoms with Gasteiger partial charge in [0.25, 0.3) is 0 Å². The van der Waals surface area contributed by atoms with Crippen molar-refractivity contribution in [2.75, 3.05) is 0 Å². The second-order valence-corrected chi connectivity index (χ2v) is 5.31. The van der Waals surface area contributed by atoms with Crippen molar-refractivity contribution in [3.05, 3.63) is 35.4 Å². The van der Waals surface area contributed by atoms with E-state index >= 15 is 0 Å². The van der Waals surface area contributed by atoms with Crippen LogP contribution in [0.1, 0.15) is 43.2 Å². The van der Waals surface area contributed by atoms with Crippen molar-refractivity contribution in [2.24, 2.45) is 5.73 Å². The van der Waals surface area contributed by atoms with Gasteiger partial charge < -0.3 is 5.73 Å². The second kappa shape index (κ2) is 5.01. The molecule has 0 aliphatic heterocycles. The van der Waals surface area contributed by atoms with Crippen LogP contribution in [0.15, 0.2) is 24.3 Å². The van der Waals surface area contributed by atoms with Crippen LogP contribution < -0.4 is 5.73 Å². The molecule has 1 aromatic rings. The molecular formula is C15H21NO. The number of hydrogen-bond donors (Lipinski definition) is 1. The summed E-state index contributed by atoms with van der Waals surface area (Å²) in [5.74, 6) is 0.211. The average Bonchev–Trinajstić information content (AvgIpc) is 2.30. The normalized spacial score (nSPS) is 18.9. The zero-order valence-electron chi connectivity index (χ0n) is 10.5. The molecule has 2 N–H and O–H groups in total. The van der Waals surface area contributed by atoms with Crippen molar-refractivity contribution in [2.45, 2.75) is 51.0 Å². The highest BCUT2D eigenvalue weighted by Gasteiger charge is 2.34. The molecule has 0 saturated heterocycles. The average molecular weight is 231 g/mol. The molecule has 0 bridgehead atoms. The predicted molar refractivity (Wildman–Crippen MR) is 69.9 cm³/mol. The zero-order chi connectivity index (χ0) is 12.3. The number of rotatable bonds is 3. The molecule has 92 valence electrons. The van der Waals surface area contributed by atoms with E-state index in [-0.39, 0.29) is 5.78 Å². The molecule has 0 radical (unpaired) electrons. The fraction of sp³-hybridized carbons (Fsp3) is 0.533. The maximum atomic E-state index is 12.3. The van der Waals surface area contributed by atoms with Crippen LogP contribution >= 0.6 is 0 Å². The van der Waals surface area contributed by atoms with Crippen molar-refractivity contribution < 1.29 is 4.79 Å². The van der Waals surface area contributed by atoms with Crippen LogP contribution in [0.3, 0.4) is 0 Å². The van der Waals surface area contributed by atoms with Gasteiger partial charge in [0.1, 0.15) is 0 Å². The van der Waals surface area contributed by atoms with Crippen LogP contribution in [0, 0.1) is 6.92 Å². The number of benzene rings is 1. The van der Waals surface area contributed by atoms with Crippen LogP contribution in [-0.4, -0.2) is 11.3 Å². The standard InChI is InChI=1S/C15H21NO/c1-12-6-5-7-13(10-12)11-14(17)15(16)8-3-2-4-9-15/h5-7,10H,2-4,8-9,11,16H2,1H3. The molecule has 1 fully saturated rings. The van der Waals surface area contributed by atoms with Crippen molar-refractivity contribution in [3.8, 4) is 0 Å². The Bertz CT molecular complexity index is 405. The van der Waals surface area contributed by atoms with E-state index in [9.17, 15) is 4.79 Å². The third-order valence-corrected chi connectivity index (χ3v) is 3.75. The third-order valence-electron chi connectivity index (χ3n) is 3.75. The number of carbonyl (C=O) groups is 1. The largest absolute Gasteiger partial charge is 0.319 e. The van der Waals surface area contributed by atoms with Gasteiger partial charge in [0.15, 0.2) is 5.78 Å². The molecule has 1 aliphatic carbocycles. The first-order valence-electron chi connectivity index (χ1n) is 6.48. The Morgan fingerprint density at radius 2 is 2.00 bits per heavy atom. The SMILES string of the molecule is Cc1cccc(CC(=O)C2(N)CCCCC2)c1. The summed E-state index contributed by atoms with van der Waals surface area (Å²) in [7, 11) is 0. The van der Waals surface area contributed by atoms with E-state index in [1.165, 1.54) is 12.0 Å². The second-order valence-electron chi connectivity index (χ2n) is 5.31. The molecule has 0 spiro atoms. The van der Waals surface area contributed by atoms with Gasteiger partial charge in [-0.15, -0.1) is 0 Å². The van der Waals surface area contributed by atoms with Gasteiger partial charge in [-0.2, -0.15) is 0 Å². The first-order chi connectivity index (χ1) is 8.10. The Balaban J connectivity index is 2.05. The lowest BCUT2D eigenvalue weighted by molar-refractivity contribution is -0.124. The molecule has 2 rings (SSSR count). The number of ketones is 1. The quantitative estimate of drug-likeness (QED) is 0.869. The summed E-state index contributed by atoms with van der Waals surface area (Å²) in [6.07, 6.45) is 5.61. The van der Waals surface area contributed by atoms with E-state index in [1.54, 1.807) is 0 Å². The molecule has 1 saturated carbocycles. The van der Waals surface area contributed by atoms with E-state index in [0.29, 0.717) is 6.42 Å². The Kier molecular flexibility index (Phi) is 3.63. The number of nitrogens with two attached hydrogens (primary N) is 1. The van der Waals surface area contributed by atoms with Gasteiger partial charge in [-0.1, -0.05) is 49.1 Å². The third kappa shape index (κ3) is 2.95. The van der Waals surface area contributed by atoms with E-state index in [1.807, 2.05) is 25.1 Å². The first-order valence-corrected chi connectivity index (χ1v) is 6.48. The van der Waals surface area contributed by atoms with E-state index < -0.39 is 5.54 Å². The molecule has 1 aromatic carbocycles. The lowest BCUT2D eigenvalue weighted by atomic mass is 9.78. The predicted octanol–water partition coefficient (Wildman–Crippen LogP) is 2.77. The minimum atomic E-state index is -0.554. The van der Waals surface area contributed by atoms with Crippen molar-refractivity contribution in [1.82, 2.24) is 0 Å². The highest BCUT2D eigenvalue weighted by Crippen LogP contribution is 2.27. The minimum absolute atomic E-state index is 0.211. The molecule has 0 aromatic heterocycles. The first kappa shape index (κ1) is 12.3. The molecule has 2 nitrogen and oxygen atoms in total. The van der Waals surface area contributed by atoms with Crippen LogP contribution in [-0.2, 0) is 11.2 Å². The minimum Gasteiger partial charge on any atom is -0.319 e. The molecule has 0 unspecified atom stereocenters. The number of carbonyl (C=O) groups excluding carboxylic acids is 1. The fourth-order valence-corrected chi connectivity index (χ4v) is 2.65. The van der Waals surface area contributed by atoms with Gasteiger partial charge in [-0.05, 0) is 25.3 Å². The number of Topliss-reactive ketones (excluding diaryl/α,β-unsaturated/α-hetero) is 1. The lowest BCUT2D eigenvalue weighted by Crippen LogP contribution is -2.50. The fourth-order valence-electron chi connectivity index (χ4n) is 2.65. The van der Waals surface area contributed by atoms with Gasteiger partial charge in [0.2, 0.25) is 0 Å². The van der Waals surface area contributed by atoms with Crippen LogP contribution in [0.25, 0.3) is 0 Å². The van der Waals surface area contributed by atoms with Crippen LogP contribution in [0.5, 0.6) is 0 Å². The van der Waals surface area contributed by atoms with Gasteiger partial charge in [-0.25, -0.2) is 0 Å². The molecule has 0 atom stereocenters. The van der Waals surface area contributed by atoms with Gasteiger partial charge in [-0.3, -0.25) is 4.79 Å². The topological polar surface area (TPSA) is 43.1 Å². The summed E-state index contributed by atoms with van der Waals surface area (Å²) in [5.41, 5.74) is 7.97. The van der Waals surface area contributed by atoms with E-state index in [2.05, 4.69) is 6.07 Å². The summed E-state index contributed by atoms with van der Waals surface area (Å²) < 4.78 is 0. The summed E-state index contributed by atoms with van der Waals surface area (Å²) in [5, 5.41) is 0. The maximum absolute atomic E-state index is 12.3. The van der Waals surface area contributed by atoms with E-state index in [4.69, 9.17) is 5.73 Å². The van der Waals surface area contributed by atoms with Gasteiger partial charge in [0, 0.05) is 6.42 Å². The Hall–Kier alpha value is -1.15. The van der Waals surface area contributed by atoms with E-state index in [0.717, 1.165) is 31.2 Å². The van der Waals surface area contributed by atoms with Crippen LogP contribution in [0.2, 0.25) is 0 Å². The van der Waals surface area contributed by atoms with Gasteiger partial charge >= 0.3 is 0 Å². The molecule has 1 aliphatic rings. The zero-order valence-corrected chi connectivity index (χ0v) is 10.5. The smallest absolute Gasteiger partial charge is 0.156 e. The van der Waals surface area contributed by atoms with Crippen molar-refractivity contribution in [1.29, 1.82) is 0 Å². The Morgan fingerprint density at radius 3 is 2.65 bits per heavy atom. The van der Waals surface area contributed by atoms with Crippen molar-refractivity contribution >= 4 is 5.78 Å². The summed E-state index contributed by atoms with van der Waals surface area (Å²) in [6, 6.07) is 8.13. The molecule has 0 amide bonds. The van der Waals surface area contributed by atoms with Crippen LogP contribution in [0.4, 0.5) is 0 Å². The maximum Gasteiger partial charge on any atom is 0.156 e. The highest BCUT2D eigenvalue weighted by atomic mass is 16.1. The monoisotopic (exact) mass is 231 g/mol. The molecule has 17 heavy (non-hydrogen) atoms. The summed E-state index contributed by atoms with van der Waals surface area (Å²) >= 11 is 0. The van der Waals surface area contributed by atoms with Gasteiger partial charge in [0.05, 0.1) is 5.54 Å². The summed E-state index contributed by atoms with van der Waals surface area (Å²) in [4.78, 5) is 12.3. The highest BCUT2D eigenvalue weighted by molar-refractivity contribution is 5.90. The molecule has 0 heterocycles. The molecular weight excluding hydrogens is 210 g/mol.